The molecule has 2 aliphatic heterocycles. The topological polar surface area (TPSA) is 61.5 Å². The first kappa shape index (κ1) is 20.0. The Balaban J connectivity index is 1.63. The van der Waals surface area contributed by atoms with Crippen LogP contribution in [0.1, 0.15) is 12.0 Å². The van der Waals surface area contributed by atoms with Crippen molar-refractivity contribution in [3.63, 3.8) is 0 Å². The minimum Gasteiger partial charge on any atom is -0.420 e. The second-order valence-electron chi connectivity index (χ2n) is 7.92. The molecule has 6 nitrogen and oxygen atoms in total. The minimum absolute atomic E-state index is 0.0323. The summed E-state index contributed by atoms with van der Waals surface area (Å²) in [5.41, 5.74) is -0.398. The zero-order valence-electron chi connectivity index (χ0n) is 16.6. The van der Waals surface area contributed by atoms with Crippen LogP contribution in [0.15, 0.2) is 54.7 Å². The van der Waals surface area contributed by atoms with Gasteiger partial charge in [-0.1, -0.05) is 12.1 Å². The molecule has 9 heteroatoms. The van der Waals surface area contributed by atoms with E-state index in [4.69, 9.17) is 11.6 Å². The van der Waals surface area contributed by atoms with E-state index < -0.39 is 11.0 Å². The first-order valence-corrected chi connectivity index (χ1v) is 10.2. The molecule has 1 spiro atoms. The molecule has 5 rings (SSSR count). The molecule has 2 aliphatic rings. The number of carbonyl (C=O) groups is 1. The van der Waals surface area contributed by atoms with Crippen molar-refractivity contribution in [2.75, 3.05) is 25.0 Å². The normalized spacial score (nSPS) is 21.2. The van der Waals surface area contributed by atoms with Gasteiger partial charge in [-0.05, 0) is 56.4 Å². The largest absolute Gasteiger partial charge is 0.487 e. The molecule has 2 aromatic carbocycles. The molecule has 31 heavy (non-hydrogen) atoms. The van der Waals surface area contributed by atoms with Crippen LogP contribution >= 0.6 is 11.6 Å². The summed E-state index contributed by atoms with van der Waals surface area (Å²) in [6.45, 7) is 1.40. The third kappa shape index (κ3) is 3.26. The average Bonchev–Trinajstić information content (AvgIpc) is 3.43. The van der Waals surface area contributed by atoms with Gasteiger partial charge in [-0.3, -0.25) is 14.8 Å². The molecule has 1 fully saturated rings. The lowest BCUT2D eigenvalue weighted by Crippen LogP contribution is -2.40. The van der Waals surface area contributed by atoms with Crippen molar-refractivity contribution in [3.8, 4) is 17.0 Å². The van der Waals surface area contributed by atoms with E-state index in [-0.39, 0.29) is 11.7 Å². The molecule has 3 aromatic rings. The van der Waals surface area contributed by atoms with Crippen molar-refractivity contribution in [1.82, 2.24) is 15.1 Å². The van der Waals surface area contributed by atoms with Gasteiger partial charge < -0.3 is 9.64 Å². The third-order valence-corrected chi connectivity index (χ3v) is 6.03. The third-order valence-electron chi connectivity index (χ3n) is 5.95. The monoisotopic (exact) mass is 444 g/mol. The lowest BCUT2D eigenvalue weighted by molar-refractivity contribution is -0.122. The number of amides is 1. The van der Waals surface area contributed by atoms with Crippen LogP contribution in [0, 0.1) is 0 Å². The number of fused-ring (bicyclic) bond motifs is 2. The van der Waals surface area contributed by atoms with Gasteiger partial charge >= 0.3 is 5.57 Å². The number of rotatable bonds is 4. The number of aromatic amines is 1. The van der Waals surface area contributed by atoms with Crippen LogP contribution in [0.25, 0.3) is 11.3 Å². The van der Waals surface area contributed by atoms with Gasteiger partial charge in [0.15, 0.2) is 0 Å². The maximum Gasteiger partial charge on any atom is 0.487 e. The van der Waals surface area contributed by atoms with Gasteiger partial charge in [0.05, 0.1) is 16.8 Å². The Kier molecular flexibility index (Phi) is 4.53. The summed E-state index contributed by atoms with van der Waals surface area (Å²) in [6, 6.07) is 13.6. The van der Waals surface area contributed by atoms with E-state index in [1.807, 2.05) is 31.3 Å². The Morgan fingerprint density at radius 2 is 1.97 bits per heavy atom. The van der Waals surface area contributed by atoms with Crippen molar-refractivity contribution >= 4 is 28.9 Å². The van der Waals surface area contributed by atoms with Crippen LogP contribution in [0.4, 0.5) is 20.2 Å². The van der Waals surface area contributed by atoms with Crippen molar-refractivity contribution in [1.29, 1.82) is 0 Å². The molecule has 1 aromatic heterocycles. The summed E-state index contributed by atoms with van der Waals surface area (Å²) < 4.78 is 30.3. The Morgan fingerprint density at radius 3 is 2.58 bits per heavy atom. The molecule has 0 saturated carbocycles. The molecule has 160 valence electrons. The highest BCUT2D eigenvalue weighted by molar-refractivity contribution is 6.20. The Morgan fingerprint density at radius 1 is 1.19 bits per heavy atom. The number of H-pyrrole nitrogens is 1. The maximum atomic E-state index is 13.9. The standard InChI is InChI=1S/C22H19ClF2N4O2/c1-28-12-10-21(13-28)19-16(17-9-11-26-27-17)3-2-4-18(19)29(20(21)30)14-5-7-15(8-6-14)31-22(23,24)25/h2-9,11H,10,12-13H2,1H3,(H,26,27). The van der Waals surface area contributed by atoms with Gasteiger partial charge in [-0.25, -0.2) is 0 Å². The number of nitrogens with one attached hydrogen (secondary N) is 1. The van der Waals surface area contributed by atoms with Crippen molar-refractivity contribution in [2.24, 2.45) is 0 Å². The number of benzene rings is 2. The zero-order chi connectivity index (χ0) is 21.8. The number of hydrogen-bond acceptors (Lipinski definition) is 4. The van der Waals surface area contributed by atoms with E-state index in [1.165, 1.54) is 12.1 Å². The van der Waals surface area contributed by atoms with E-state index in [1.54, 1.807) is 23.2 Å². The lowest BCUT2D eigenvalue weighted by atomic mass is 9.78. The number of carbonyl (C=O) groups excluding carboxylic acids is 1. The summed E-state index contributed by atoms with van der Waals surface area (Å²) in [5, 5.41) is 7.08. The van der Waals surface area contributed by atoms with E-state index in [0.29, 0.717) is 18.7 Å². The molecule has 0 bridgehead atoms. The van der Waals surface area contributed by atoms with Crippen LogP contribution in [-0.4, -0.2) is 46.7 Å². The van der Waals surface area contributed by atoms with Gasteiger partial charge in [0, 0.05) is 41.2 Å². The van der Waals surface area contributed by atoms with Gasteiger partial charge in [0.1, 0.15) is 5.75 Å². The number of anilines is 2. The summed E-state index contributed by atoms with van der Waals surface area (Å²) >= 11 is 4.85. The quantitative estimate of drug-likeness (QED) is 0.602. The predicted molar refractivity (Wildman–Crippen MR) is 113 cm³/mol. The van der Waals surface area contributed by atoms with Gasteiger partial charge in [0.25, 0.3) is 0 Å². The van der Waals surface area contributed by atoms with E-state index in [0.717, 1.165) is 29.1 Å². The molecule has 1 N–H and O–H groups in total. The minimum atomic E-state index is -3.80. The van der Waals surface area contributed by atoms with Crippen LogP contribution in [0.2, 0.25) is 0 Å². The van der Waals surface area contributed by atoms with Crippen LogP contribution < -0.4 is 9.64 Å². The Bertz CT molecular complexity index is 1130. The van der Waals surface area contributed by atoms with Gasteiger partial charge in [-0.15, -0.1) is 8.78 Å². The molecular formula is C22H19ClF2N4O2. The molecule has 1 atom stereocenters. The Labute approximate surface area is 182 Å². The first-order chi connectivity index (χ1) is 14.8. The number of hydrogen-bond donors (Lipinski definition) is 1. The van der Waals surface area contributed by atoms with Crippen molar-refractivity contribution in [2.45, 2.75) is 17.4 Å². The maximum absolute atomic E-state index is 13.9. The predicted octanol–water partition coefficient (Wildman–Crippen LogP) is 4.50. The molecule has 1 unspecified atom stereocenters. The summed E-state index contributed by atoms with van der Waals surface area (Å²) in [7, 11) is 2.00. The summed E-state index contributed by atoms with van der Waals surface area (Å²) in [6.07, 6.45) is 2.37. The van der Waals surface area contributed by atoms with Crippen LogP contribution in [0.5, 0.6) is 5.75 Å². The summed E-state index contributed by atoms with van der Waals surface area (Å²) in [4.78, 5) is 17.7. The number of halogens is 3. The van der Waals surface area contributed by atoms with E-state index in [2.05, 4.69) is 19.8 Å². The number of nitrogens with zero attached hydrogens (tertiary/aromatic N) is 3. The second-order valence-corrected chi connectivity index (χ2v) is 8.36. The summed E-state index contributed by atoms with van der Waals surface area (Å²) in [5.74, 6) is -0.118. The average molecular weight is 445 g/mol. The first-order valence-electron chi connectivity index (χ1n) is 9.81. The smallest absolute Gasteiger partial charge is 0.420 e. The highest BCUT2D eigenvalue weighted by Gasteiger charge is 2.55. The van der Waals surface area contributed by atoms with Gasteiger partial charge in [0.2, 0.25) is 5.91 Å². The molecule has 0 radical (unpaired) electrons. The lowest BCUT2D eigenvalue weighted by Gasteiger charge is -2.25. The highest BCUT2D eigenvalue weighted by Crippen LogP contribution is 2.53. The molecule has 3 heterocycles. The number of ether oxygens (including phenoxy) is 1. The van der Waals surface area contributed by atoms with Gasteiger partial charge in [-0.2, -0.15) is 5.10 Å². The van der Waals surface area contributed by atoms with E-state index >= 15 is 0 Å². The zero-order valence-corrected chi connectivity index (χ0v) is 17.4. The van der Waals surface area contributed by atoms with Crippen molar-refractivity contribution < 1.29 is 18.3 Å². The molecular weight excluding hydrogens is 426 g/mol. The SMILES string of the molecule is CN1CCC2(C1)C(=O)N(c1ccc(OC(F)(F)Cl)cc1)c1cccc(-c3ccn[nH]3)c12. The molecule has 1 saturated heterocycles. The number of likely N-dealkylation sites (tertiary alicyclic amines) is 1. The molecule has 0 aliphatic carbocycles. The fraction of sp³-hybridized carbons (Fsp3) is 0.273. The number of likely N-dealkylation sites (N-methyl/N-ethyl adjacent to an activating group) is 1. The number of aromatic nitrogens is 2. The second kappa shape index (κ2) is 7.03. The fourth-order valence-electron chi connectivity index (χ4n) is 4.72. The number of alkyl halides is 3. The van der Waals surface area contributed by atoms with E-state index in [9.17, 15) is 13.6 Å². The highest BCUT2D eigenvalue weighted by atomic mass is 35.5. The van der Waals surface area contributed by atoms with Crippen LogP contribution in [0.3, 0.4) is 0 Å². The van der Waals surface area contributed by atoms with Crippen molar-refractivity contribution in [3.05, 3.63) is 60.3 Å². The fourth-order valence-corrected chi connectivity index (χ4v) is 4.81. The Hall–Kier alpha value is -2.97. The molecule has 1 amide bonds. The van der Waals surface area contributed by atoms with Crippen LogP contribution in [-0.2, 0) is 10.2 Å².